The molecule has 0 aliphatic heterocycles. The minimum absolute atomic E-state index is 0.00231. The van der Waals surface area contributed by atoms with E-state index in [1.807, 2.05) is 0 Å². The van der Waals surface area contributed by atoms with E-state index in [1.165, 1.54) is 12.1 Å². The predicted molar refractivity (Wildman–Crippen MR) is 68.8 cm³/mol. The van der Waals surface area contributed by atoms with E-state index in [0.717, 1.165) is 12.0 Å². The molecule has 1 atom stereocenters. The molecule has 1 aliphatic rings. The monoisotopic (exact) mass is 264 g/mol. The molecule has 6 nitrogen and oxygen atoms in total. The molecule has 0 spiro atoms. The maximum Gasteiger partial charge on any atom is 0.310 e. The van der Waals surface area contributed by atoms with Gasteiger partial charge in [0.05, 0.1) is 10.3 Å². The maximum absolute atomic E-state index is 11.5. The number of aliphatic carboxylic acids is 1. The van der Waals surface area contributed by atoms with Gasteiger partial charge in [0.2, 0.25) is 0 Å². The summed E-state index contributed by atoms with van der Waals surface area (Å²) in [4.78, 5) is 21.6. The number of nitrogens with two attached hydrogens (primary N) is 1. The smallest absolute Gasteiger partial charge is 0.310 e. The molecule has 1 aromatic rings. The van der Waals surface area contributed by atoms with Gasteiger partial charge in [-0.1, -0.05) is 18.6 Å². The summed E-state index contributed by atoms with van der Waals surface area (Å²) in [6.07, 6.45) is 2.11. The maximum atomic E-state index is 11.5. The summed E-state index contributed by atoms with van der Waals surface area (Å²) in [5, 5.41) is 20.0. The summed E-state index contributed by atoms with van der Waals surface area (Å²) in [6.45, 7) is 0.226. The normalized spacial score (nSPS) is 18.4. The van der Waals surface area contributed by atoms with Crippen molar-refractivity contribution >= 4 is 11.7 Å². The first kappa shape index (κ1) is 13.5. The van der Waals surface area contributed by atoms with Crippen LogP contribution in [0.25, 0.3) is 0 Å². The Kier molecular flexibility index (Phi) is 3.53. The van der Waals surface area contributed by atoms with Gasteiger partial charge in [0.25, 0.3) is 5.69 Å². The topological polar surface area (TPSA) is 106 Å². The summed E-state index contributed by atoms with van der Waals surface area (Å²) in [5.74, 6) is -1.12. The van der Waals surface area contributed by atoms with Crippen LogP contribution in [0.15, 0.2) is 24.3 Å². The quantitative estimate of drug-likeness (QED) is 0.623. The van der Waals surface area contributed by atoms with Crippen LogP contribution < -0.4 is 5.73 Å². The second-order valence-corrected chi connectivity index (χ2v) is 4.95. The Hall–Kier alpha value is -1.95. The van der Waals surface area contributed by atoms with Crippen molar-refractivity contribution in [1.29, 1.82) is 0 Å². The molecule has 0 saturated heterocycles. The van der Waals surface area contributed by atoms with E-state index in [9.17, 15) is 20.0 Å². The van der Waals surface area contributed by atoms with Crippen LogP contribution in [0.5, 0.6) is 0 Å². The molecule has 2 rings (SSSR count). The van der Waals surface area contributed by atoms with Gasteiger partial charge in [-0.15, -0.1) is 0 Å². The Bertz CT molecular complexity index is 494. The first-order valence-corrected chi connectivity index (χ1v) is 6.19. The van der Waals surface area contributed by atoms with Crippen LogP contribution in [-0.4, -0.2) is 22.5 Å². The molecular weight excluding hydrogens is 248 g/mol. The Morgan fingerprint density at radius 3 is 2.32 bits per heavy atom. The van der Waals surface area contributed by atoms with Crippen molar-refractivity contribution in [1.82, 2.24) is 0 Å². The lowest BCUT2D eigenvalue weighted by molar-refractivity contribution is -0.384. The summed E-state index contributed by atoms with van der Waals surface area (Å²) < 4.78 is 0. The molecule has 1 fully saturated rings. The molecule has 1 aliphatic carbocycles. The number of hydrogen-bond donors (Lipinski definition) is 2. The van der Waals surface area contributed by atoms with Crippen molar-refractivity contribution in [3.63, 3.8) is 0 Å². The molecule has 1 aromatic carbocycles. The fourth-order valence-corrected chi connectivity index (χ4v) is 2.78. The van der Waals surface area contributed by atoms with Gasteiger partial charge >= 0.3 is 5.97 Å². The summed E-state index contributed by atoms with van der Waals surface area (Å²) >= 11 is 0. The number of carboxylic acids is 1. The third kappa shape index (κ3) is 2.19. The highest BCUT2D eigenvalue weighted by atomic mass is 16.6. The highest BCUT2D eigenvalue weighted by molar-refractivity contribution is 5.77. The van der Waals surface area contributed by atoms with Gasteiger partial charge in [0.1, 0.15) is 0 Å². The van der Waals surface area contributed by atoms with E-state index >= 15 is 0 Å². The highest BCUT2D eigenvalue weighted by Crippen LogP contribution is 2.51. The lowest BCUT2D eigenvalue weighted by atomic mass is 9.59. The highest BCUT2D eigenvalue weighted by Gasteiger charge is 2.50. The average molecular weight is 264 g/mol. The van der Waals surface area contributed by atoms with E-state index in [4.69, 9.17) is 5.73 Å². The molecule has 19 heavy (non-hydrogen) atoms. The number of nitrogens with zero attached hydrogens (tertiary/aromatic N) is 1. The zero-order valence-corrected chi connectivity index (χ0v) is 10.4. The van der Waals surface area contributed by atoms with Crippen molar-refractivity contribution in [2.24, 2.45) is 11.1 Å². The minimum Gasteiger partial charge on any atom is -0.481 e. The molecule has 0 unspecified atom stereocenters. The number of non-ortho nitro benzene ring substituents is 1. The third-order valence-electron chi connectivity index (χ3n) is 4.08. The number of nitro groups is 1. The molecular formula is C13H16N2O4. The van der Waals surface area contributed by atoms with Gasteiger partial charge in [-0.05, 0) is 18.4 Å². The standard InChI is InChI=1S/C13H16N2O4/c14-8-11(13(12(16)17)6-1-7-13)9-2-4-10(5-3-9)15(18)19/h2-5,11H,1,6-8,14H2,(H,16,17)/t11-/m0/s1. The summed E-state index contributed by atoms with van der Waals surface area (Å²) in [5.41, 5.74) is 5.70. The zero-order chi connectivity index (χ0) is 14.0. The van der Waals surface area contributed by atoms with Crippen LogP contribution in [0.2, 0.25) is 0 Å². The molecule has 3 N–H and O–H groups in total. The molecule has 1 saturated carbocycles. The lowest BCUT2D eigenvalue weighted by Gasteiger charge is -2.44. The van der Waals surface area contributed by atoms with Crippen molar-refractivity contribution < 1.29 is 14.8 Å². The van der Waals surface area contributed by atoms with Crippen molar-refractivity contribution in [2.45, 2.75) is 25.2 Å². The second-order valence-electron chi connectivity index (χ2n) is 4.95. The van der Waals surface area contributed by atoms with E-state index in [2.05, 4.69) is 0 Å². The fraction of sp³-hybridized carbons (Fsp3) is 0.462. The van der Waals surface area contributed by atoms with E-state index in [1.54, 1.807) is 12.1 Å². The number of carbonyl (C=O) groups is 1. The molecule has 6 heteroatoms. The average Bonchev–Trinajstić information content (AvgIpc) is 2.33. The summed E-state index contributed by atoms with van der Waals surface area (Å²) in [6, 6.07) is 6.01. The minimum atomic E-state index is -0.826. The summed E-state index contributed by atoms with van der Waals surface area (Å²) in [7, 11) is 0. The van der Waals surface area contributed by atoms with Gasteiger partial charge in [-0.2, -0.15) is 0 Å². The first-order valence-electron chi connectivity index (χ1n) is 6.19. The van der Waals surface area contributed by atoms with Gasteiger partial charge in [-0.25, -0.2) is 0 Å². The van der Waals surface area contributed by atoms with Crippen LogP contribution in [0.3, 0.4) is 0 Å². The molecule has 0 amide bonds. The van der Waals surface area contributed by atoms with Crippen LogP contribution in [0.4, 0.5) is 5.69 Å². The van der Waals surface area contributed by atoms with E-state index < -0.39 is 16.3 Å². The van der Waals surface area contributed by atoms with Crippen molar-refractivity contribution in [3.8, 4) is 0 Å². The van der Waals surface area contributed by atoms with Crippen LogP contribution in [0, 0.1) is 15.5 Å². The number of hydrogen-bond acceptors (Lipinski definition) is 4. The van der Waals surface area contributed by atoms with Gasteiger partial charge in [0, 0.05) is 24.6 Å². The Balaban J connectivity index is 2.31. The van der Waals surface area contributed by atoms with E-state index in [0.29, 0.717) is 12.8 Å². The zero-order valence-electron chi connectivity index (χ0n) is 10.4. The first-order chi connectivity index (χ1) is 9.01. The fourth-order valence-electron chi connectivity index (χ4n) is 2.78. The van der Waals surface area contributed by atoms with E-state index in [-0.39, 0.29) is 18.2 Å². The molecule has 0 bridgehead atoms. The lowest BCUT2D eigenvalue weighted by Crippen LogP contribution is -2.45. The Morgan fingerprint density at radius 1 is 1.42 bits per heavy atom. The number of nitro benzene ring substituents is 1. The number of benzene rings is 1. The van der Waals surface area contributed by atoms with Gasteiger partial charge < -0.3 is 10.8 Å². The second kappa shape index (κ2) is 4.97. The third-order valence-corrected chi connectivity index (χ3v) is 4.08. The van der Waals surface area contributed by atoms with Crippen LogP contribution in [0.1, 0.15) is 30.7 Å². The number of carboxylic acid groups (broad SMARTS) is 1. The molecule has 0 aromatic heterocycles. The molecule has 102 valence electrons. The van der Waals surface area contributed by atoms with Gasteiger partial charge in [0.15, 0.2) is 0 Å². The van der Waals surface area contributed by atoms with Crippen molar-refractivity contribution in [2.75, 3.05) is 6.54 Å². The molecule has 0 radical (unpaired) electrons. The van der Waals surface area contributed by atoms with Crippen molar-refractivity contribution in [3.05, 3.63) is 39.9 Å². The number of rotatable bonds is 5. The SMILES string of the molecule is NC[C@@H](c1ccc([N+](=O)[O-])cc1)C1(C(=O)O)CCC1. The Labute approximate surface area is 110 Å². The largest absolute Gasteiger partial charge is 0.481 e. The molecule has 0 heterocycles. The predicted octanol–water partition coefficient (Wildman–Crippen LogP) is 1.89. The Morgan fingerprint density at radius 2 is 2.00 bits per heavy atom. The van der Waals surface area contributed by atoms with Crippen LogP contribution in [-0.2, 0) is 4.79 Å². The van der Waals surface area contributed by atoms with Gasteiger partial charge in [-0.3, -0.25) is 14.9 Å². The van der Waals surface area contributed by atoms with Crippen LogP contribution >= 0.6 is 0 Å².